The Morgan fingerprint density at radius 3 is 3.07 bits per heavy atom. The Kier molecular flexibility index (Phi) is 3.44. The first-order chi connectivity index (χ1) is 6.90. The molecule has 0 saturated carbocycles. The summed E-state index contributed by atoms with van der Waals surface area (Å²) in [5.74, 6) is 2.72. The lowest BCUT2D eigenvalue weighted by molar-refractivity contribution is 0.104. The zero-order chi connectivity index (χ0) is 9.80. The third kappa shape index (κ3) is 2.29. The number of piperazine rings is 1. The van der Waals surface area contributed by atoms with E-state index < -0.39 is 0 Å². The number of rotatable bonds is 3. The maximum absolute atomic E-state index is 5.25. The second-order valence-corrected chi connectivity index (χ2v) is 4.44. The lowest BCUT2D eigenvalue weighted by Crippen LogP contribution is -2.50. The van der Waals surface area contributed by atoms with Crippen molar-refractivity contribution in [2.24, 2.45) is 0 Å². The Morgan fingerprint density at radius 2 is 2.21 bits per heavy atom. The highest BCUT2D eigenvalue weighted by Crippen LogP contribution is 2.21. The average molecular weight is 192 g/mol. The van der Waals surface area contributed by atoms with Crippen molar-refractivity contribution in [2.75, 3.05) is 32.7 Å². The molecule has 1 atom stereocenters. The molecule has 0 aromatic rings. The zero-order valence-electron chi connectivity index (χ0n) is 8.91. The molecule has 2 aliphatic heterocycles. The molecule has 2 aliphatic rings. The van der Waals surface area contributed by atoms with Crippen LogP contribution in [0.25, 0.3) is 0 Å². The number of hydrogen-bond donors (Lipinski definition) is 0. The molecule has 14 heavy (non-hydrogen) atoms. The minimum absolute atomic E-state index is 0.856. The van der Waals surface area contributed by atoms with Gasteiger partial charge in [0.1, 0.15) is 0 Å². The van der Waals surface area contributed by atoms with Gasteiger partial charge in [-0.3, -0.25) is 4.90 Å². The second kappa shape index (κ2) is 4.82. The van der Waals surface area contributed by atoms with Gasteiger partial charge in [-0.1, -0.05) is 0 Å². The third-order valence-corrected chi connectivity index (χ3v) is 3.47. The molecular weight excluding hydrogens is 172 g/mol. The van der Waals surface area contributed by atoms with Gasteiger partial charge in [0.05, 0.1) is 0 Å². The van der Waals surface area contributed by atoms with E-state index in [1.807, 2.05) is 0 Å². The number of nitrogens with zero attached hydrogens (tertiary/aromatic N) is 2. The summed E-state index contributed by atoms with van der Waals surface area (Å²) >= 11 is 0. The summed E-state index contributed by atoms with van der Waals surface area (Å²) in [6, 6.07) is 0.856. The van der Waals surface area contributed by atoms with E-state index in [0.29, 0.717) is 0 Å². The summed E-state index contributed by atoms with van der Waals surface area (Å²) in [5.41, 5.74) is 0. The molecule has 2 nitrogen and oxygen atoms in total. The molecule has 0 spiro atoms. The van der Waals surface area contributed by atoms with E-state index in [1.54, 1.807) is 0 Å². The van der Waals surface area contributed by atoms with E-state index >= 15 is 0 Å². The molecule has 1 unspecified atom stereocenters. The number of fused-ring (bicyclic) bond motifs is 1. The molecule has 2 saturated heterocycles. The molecule has 0 amide bonds. The van der Waals surface area contributed by atoms with Crippen LogP contribution < -0.4 is 0 Å². The van der Waals surface area contributed by atoms with E-state index in [2.05, 4.69) is 15.7 Å². The van der Waals surface area contributed by atoms with Gasteiger partial charge >= 0.3 is 0 Å². The fourth-order valence-electron chi connectivity index (χ4n) is 2.66. The molecule has 2 fully saturated rings. The monoisotopic (exact) mass is 192 g/mol. The van der Waals surface area contributed by atoms with Crippen LogP contribution in [0.1, 0.15) is 25.7 Å². The fraction of sp³-hybridized carbons (Fsp3) is 0.833. The molecule has 0 bridgehead atoms. The van der Waals surface area contributed by atoms with Gasteiger partial charge in [0.2, 0.25) is 0 Å². The van der Waals surface area contributed by atoms with Gasteiger partial charge in [-0.25, -0.2) is 0 Å². The topological polar surface area (TPSA) is 6.48 Å². The van der Waals surface area contributed by atoms with Gasteiger partial charge in [0, 0.05) is 32.1 Å². The summed E-state index contributed by atoms with van der Waals surface area (Å²) < 4.78 is 0. The minimum atomic E-state index is 0.856. The van der Waals surface area contributed by atoms with Crippen molar-refractivity contribution in [3.8, 4) is 12.3 Å². The SMILES string of the molecule is C#CCCCN1CCN2CCCC2C1. The van der Waals surface area contributed by atoms with Crippen molar-refractivity contribution >= 4 is 0 Å². The van der Waals surface area contributed by atoms with Gasteiger partial charge in [0.25, 0.3) is 0 Å². The highest BCUT2D eigenvalue weighted by atomic mass is 15.3. The number of unbranched alkanes of at least 4 members (excludes halogenated alkanes) is 1. The molecule has 0 aromatic carbocycles. The van der Waals surface area contributed by atoms with Gasteiger partial charge in [-0.2, -0.15) is 0 Å². The Bertz CT molecular complexity index is 219. The lowest BCUT2D eigenvalue weighted by atomic mass is 10.1. The normalized spacial score (nSPS) is 28.6. The van der Waals surface area contributed by atoms with E-state index in [0.717, 1.165) is 12.5 Å². The smallest absolute Gasteiger partial charge is 0.0224 e. The van der Waals surface area contributed by atoms with Gasteiger partial charge in [0.15, 0.2) is 0 Å². The summed E-state index contributed by atoms with van der Waals surface area (Å²) in [5, 5.41) is 0. The van der Waals surface area contributed by atoms with Crippen LogP contribution in [0.4, 0.5) is 0 Å². The van der Waals surface area contributed by atoms with E-state index in [1.165, 1.54) is 52.0 Å². The van der Waals surface area contributed by atoms with Gasteiger partial charge < -0.3 is 4.90 Å². The molecule has 0 radical (unpaired) electrons. The molecule has 0 aliphatic carbocycles. The number of hydrogen-bond acceptors (Lipinski definition) is 2. The van der Waals surface area contributed by atoms with Crippen LogP contribution in [-0.4, -0.2) is 48.6 Å². The third-order valence-electron chi connectivity index (χ3n) is 3.47. The van der Waals surface area contributed by atoms with Crippen LogP contribution in [0.3, 0.4) is 0 Å². The summed E-state index contributed by atoms with van der Waals surface area (Å²) in [6.07, 6.45) is 10.2. The largest absolute Gasteiger partial charge is 0.300 e. The maximum atomic E-state index is 5.25. The second-order valence-electron chi connectivity index (χ2n) is 4.44. The highest BCUT2D eigenvalue weighted by Gasteiger charge is 2.29. The number of terminal acetylenes is 1. The first kappa shape index (κ1) is 10.0. The molecule has 2 heterocycles. The van der Waals surface area contributed by atoms with Crippen molar-refractivity contribution in [3.05, 3.63) is 0 Å². The molecule has 78 valence electrons. The Balaban J connectivity index is 1.72. The predicted molar refractivity (Wildman–Crippen MR) is 59.1 cm³/mol. The fourth-order valence-corrected chi connectivity index (χ4v) is 2.66. The summed E-state index contributed by atoms with van der Waals surface area (Å²) in [4.78, 5) is 5.24. The predicted octanol–water partition coefficient (Wildman–Crippen LogP) is 1.18. The first-order valence-electron chi connectivity index (χ1n) is 5.80. The van der Waals surface area contributed by atoms with E-state index in [-0.39, 0.29) is 0 Å². The van der Waals surface area contributed by atoms with Crippen molar-refractivity contribution in [1.29, 1.82) is 0 Å². The average Bonchev–Trinajstić information content (AvgIpc) is 2.65. The van der Waals surface area contributed by atoms with Crippen molar-refractivity contribution < 1.29 is 0 Å². The Morgan fingerprint density at radius 1 is 1.29 bits per heavy atom. The molecule has 0 N–H and O–H groups in total. The quantitative estimate of drug-likeness (QED) is 0.489. The first-order valence-corrected chi connectivity index (χ1v) is 5.80. The Labute approximate surface area is 87.3 Å². The van der Waals surface area contributed by atoms with Crippen LogP contribution in [0, 0.1) is 12.3 Å². The summed E-state index contributed by atoms with van der Waals surface area (Å²) in [6.45, 7) is 6.35. The van der Waals surface area contributed by atoms with Crippen LogP contribution >= 0.6 is 0 Å². The summed E-state index contributed by atoms with van der Waals surface area (Å²) in [7, 11) is 0. The molecule has 2 rings (SSSR count). The van der Waals surface area contributed by atoms with Crippen LogP contribution in [0.15, 0.2) is 0 Å². The van der Waals surface area contributed by atoms with E-state index in [4.69, 9.17) is 6.42 Å². The Hall–Kier alpha value is -0.520. The van der Waals surface area contributed by atoms with Crippen LogP contribution in [0.5, 0.6) is 0 Å². The van der Waals surface area contributed by atoms with Crippen LogP contribution in [0.2, 0.25) is 0 Å². The van der Waals surface area contributed by atoms with Crippen molar-refractivity contribution in [2.45, 2.75) is 31.7 Å². The zero-order valence-corrected chi connectivity index (χ0v) is 8.91. The van der Waals surface area contributed by atoms with Gasteiger partial charge in [-0.05, 0) is 32.4 Å². The molecule has 2 heteroatoms. The van der Waals surface area contributed by atoms with Crippen LogP contribution in [-0.2, 0) is 0 Å². The molecular formula is C12H20N2. The molecule has 0 aromatic heterocycles. The van der Waals surface area contributed by atoms with Crippen molar-refractivity contribution in [1.82, 2.24) is 9.80 Å². The highest BCUT2D eigenvalue weighted by molar-refractivity contribution is 4.88. The minimum Gasteiger partial charge on any atom is -0.300 e. The van der Waals surface area contributed by atoms with Crippen molar-refractivity contribution in [3.63, 3.8) is 0 Å². The maximum Gasteiger partial charge on any atom is 0.0224 e. The van der Waals surface area contributed by atoms with E-state index in [9.17, 15) is 0 Å². The van der Waals surface area contributed by atoms with Gasteiger partial charge in [-0.15, -0.1) is 12.3 Å². The lowest BCUT2D eigenvalue weighted by Gasteiger charge is -2.37. The standard InChI is InChI=1S/C12H20N2/c1-2-3-4-7-13-9-10-14-8-5-6-12(14)11-13/h1,12H,3-11H2.